The number of hydrogen-bond donors (Lipinski definition) is 1. The van der Waals surface area contributed by atoms with E-state index in [0.29, 0.717) is 23.0 Å². The van der Waals surface area contributed by atoms with Crippen molar-refractivity contribution in [1.82, 2.24) is 0 Å². The molecule has 0 bridgehead atoms. The molecule has 0 spiro atoms. The van der Waals surface area contributed by atoms with E-state index >= 15 is 0 Å². The lowest BCUT2D eigenvalue weighted by atomic mass is 9.78. The van der Waals surface area contributed by atoms with Gasteiger partial charge in [0.05, 0.1) is 19.9 Å². The van der Waals surface area contributed by atoms with Crippen LogP contribution in [0, 0.1) is 0 Å². The third kappa shape index (κ3) is 2.54. The molecule has 0 aromatic heterocycles. The van der Waals surface area contributed by atoms with Crippen LogP contribution in [0.25, 0.3) is 0 Å². The van der Waals surface area contributed by atoms with E-state index in [9.17, 15) is 5.21 Å². The average Bonchev–Trinajstić information content (AvgIpc) is 3.12. The molecule has 1 N–H and O–H groups in total. The molecular weight excluding hydrogens is 322 g/mol. The maximum absolute atomic E-state index is 9.71. The number of benzene rings is 2. The zero-order valence-corrected chi connectivity index (χ0v) is 14.1. The van der Waals surface area contributed by atoms with Crippen LogP contribution >= 0.6 is 0 Å². The van der Waals surface area contributed by atoms with E-state index < -0.39 is 0 Å². The minimum atomic E-state index is -0.0299. The Morgan fingerprint density at radius 1 is 1.04 bits per heavy atom. The molecule has 4 rings (SSSR count). The van der Waals surface area contributed by atoms with Crippen LogP contribution in [0.2, 0.25) is 0 Å². The predicted molar refractivity (Wildman–Crippen MR) is 91.5 cm³/mol. The maximum Gasteiger partial charge on any atom is 0.231 e. The summed E-state index contributed by atoms with van der Waals surface area (Å²) < 4.78 is 21.6. The molecule has 2 aromatic rings. The highest BCUT2D eigenvalue weighted by atomic mass is 16.7. The summed E-state index contributed by atoms with van der Waals surface area (Å²) in [6.45, 7) is 0.225. The van der Waals surface area contributed by atoms with Gasteiger partial charge in [-0.15, -0.1) is 0 Å². The summed E-state index contributed by atoms with van der Waals surface area (Å²) >= 11 is 0. The van der Waals surface area contributed by atoms with Crippen molar-refractivity contribution in [3.8, 4) is 23.0 Å². The van der Waals surface area contributed by atoms with Crippen molar-refractivity contribution < 1.29 is 24.2 Å². The largest absolute Gasteiger partial charge is 0.493 e. The lowest BCUT2D eigenvalue weighted by molar-refractivity contribution is 0.174. The van der Waals surface area contributed by atoms with E-state index in [4.69, 9.17) is 18.9 Å². The second-order valence-electron chi connectivity index (χ2n) is 6.05. The van der Waals surface area contributed by atoms with Gasteiger partial charge in [-0.25, -0.2) is 0 Å². The number of rotatable bonds is 3. The maximum atomic E-state index is 9.71. The molecule has 0 saturated heterocycles. The number of ether oxygens (including phenoxy) is 4. The van der Waals surface area contributed by atoms with E-state index in [2.05, 4.69) is 5.16 Å². The highest BCUT2D eigenvalue weighted by Gasteiger charge is 2.30. The van der Waals surface area contributed by atoms with E-state index in [1.807, 2.05) is 30.3 Å². The van der Waals surface area contributed by atoms with Gasteiger partial charge in [-0.3, -0.25) is 0 Å². The fourth-order valence-electron chi connectivity index (χ4n) is 3.57. The zero-order valence-electron chi connectivity index (χ0n) is 14.1. The molecule has 6 heteroatoms. The number of oxime groups is 1. The Bertz CT molecular complexity index is 846. The average molecular weight is 341 g/mol. The van der Waals surface area contributed by atoms with Gasteiger partial charge in [-0.2, -0.15) is 0 Å². The van der Waals surface area contributed by atoms with Crippen molar-refractivity contribution in [1.29, 1.82) is 0 Å². The Morgan fingerprint density at radius 2 is 1.80 bits per heavy atom. The first-order valence-corrected chi connectivity index (χ1v) is 8.12. The third-order valence-corrected chi connectivity index (χ3v) is 4.82. The normalized spacial score (nSPS) is 19.6. The van der Waals surface area contributed by atoms with Crippen LogP contribution in [0.5, 0.6) is 23.0 Å². The SMILES string of the molecule is COc1ccc([C@H]2CCc3cc4c(cc3/C2=N/O)OCO4)cc1OC. The van der Waals surface area contributed by atoms with E-state index in [-0.39, 0.29) is 12.7 Å². The number of fused-ring (bicyclic) bond motifs is 2. The van der Waals surface area contributed by atoms with Gasteiger partial charge in [0.1, 0.15) is 0 Å². The molecule has 1 aliphatic carbocycles. The summed E-state index contributed by atoms with van der Waals surface area (Å²) in [5, 5.41) is 13.3. The molecule has 2 aliphatic rings. The van der Waals surface area contributed by atoms with Crippen molar-refractivity contribution in [3.05, 3.63) is 47.0 Å². The summed E-state index contributed by atoms with van der Waals surface area (Å²) in [6, 6.07) is 9.67. The smallest absolute Gasteiger partial charge is 0.231 e. The molecule has 0 amide bonds. The van der Waals surface area contributed by atoms with Gasteiger partial charge in [0.25, 0.3) is 0 Å². The minimum absolute atomic E-state index is 0.0299. The lowest BCUT2D eigenvalue weighted by Gasteiger charge is -2.26. The van der Waals surface area contributed by atoms with Gasteiger partial charge in [0, 0.05) is 11.5 Å². The number of hydrogen-bond acceptors (Lipinski definition) is 6. The second kappa shape index (κ2) is 6.20. The highest BCUT2D eigenvalue weighted by molar-refractivity contribution is 6.07. The number of methoxy groups -OCH3 is 2. The molecule has 6 nitrogen and oxygen atoms in total. The van der Waals surface area contributed by atoms with Gasteiger partial charge >= 0.3 is 0 Å². The molecule has 0 saturated carbocycles. The summed E-state index contributed by atoms with van der Waals surface area (Å²) in [5.74, 6) is 2.74. The first kappa shape index (κ1) is 15.6. The Morgan fingerprint density at radius 3 is 2.52 bits per heavy atom. The second-order valence-corrected chi connectivity index (χ2v) is 6.05. The van der Waals surface area contributed by atoms with Crippen LogP contribution in [0.1, 0.15) is 29.0 Å². The van der Waals surface area contributed by atoms with Crippen molar-refractivity contribution in [2.75, 3.05) is 21.0 Å². The predicted octanol–water partition coefficient (Wildman–Crippen LogP) is 3.34. The Labute approximate surface area is 145 Å². The molecule has 1 aliphatic heterocycles. The van der Waals surface area contributed by atoms with Crippen LogP contribution in [0.3, 0.4) is 0 Å². The van der Waals surface area contributed by atoms with E-state index in [1.165, 1.54) is 0 Å². The topological polar surface area (TPSA) is 69.5 Å². The van der Waals surface area contributed by atoms with Gasteiger partial charge in [-0.1, -0.05) is 11.2 Å². The Kier molecular flexibility index (Phi) is 3.87. The first-order chi connectivity index (χ1) is 12.2. The zero-order chi connectivity index (χ0) is 17.4. The van der Waals surface area contributed by atoms with E-state index in [0.717, 1.165) is 35.3 Å². The highest BCUT2D eigenvalue weighted by Crippen LogP contribution is 2.42. The van der Waals surface area contributed by atoms with Gasteiger partial charge in [0.2, 0.25) is 6.79 Å². The third-order valence-electron chi connectivity index (χ3n) is 4.82. The number of nitrogens with zero attached hydrogens (tertiary/aromatic N) is 1. The van der Waals surface area contributed by atoms with Crippen LogP contribution in [-0.2, 0) is 6.42 Å². The van der Waals surface area contributed by atoms with E-state index in [1.54, 1.807) is 14.2 Å². The van der Waals surface area contributed by atoms with Crippen LogP contribution in [-0.4, -0.2) is 31.9 Å². The summed E-state index contributed by atoms with van der Waals surface area (Å²) in [4.78, 5) is 0. The van der Waals surface area contributed by atoms with Gasteiger partial charge in [0.15, 0.2) is 23.0 Å². The van der Waals surface area contributed by atoms with Crippen LogP contribution in [0.4, 0.5) is 0 Å². The van der Waals surface area contributed by atoms with Crippen molar-refractivity contribution >= 4 is 5.71 Å². The molecule has 2 aromatic carbocycles. The molecule has 1 heterocycles. The van der Waals surface area contributed by atoms with Crippen LogP contribution < -0.4 is 18.9 Å². The Hall–Kier alpha value is -2.89. The monoisotopic (exact) mass is 341 g/mol. The quantitative estimate of drug-likeness (QED) is 0.685. The van der Waals surface area contributed by atoms with Crippen LogP contribution in [0.15, 0.2) is 35.5 Å². The van der Waals surface area contributed by atoms with Crippen molar-refractivity contribution in [3.63, 3.8) is 0 Å². The minimum Gasteiger partial charge on any atom is -0.493 e. The molecule has 0 unspecified atom stereocenters. The summed E-state index contributed by atoms with van der Waals surface area (Å²) in [7, 11) is 3.22. The van der Waals surface area contributed by atoms with Crippen molar-refractivity contribution in [2.45, 2.75) is 18.8 Å². The molecule has 130 valence electrons. The molecule has 25 heavy (non-hydrogen) atoms. The summed E-state index contributed by atoms with van der Waals surface area (Å²) in [5.41, 5.74) is 3.66. The summed E-state index contributed by atoms with van der Waals surface area (Å²) in [6.07, 6.45) is 1.70. The molecule has 0 radical (unpaired) electrons. The first-order valence-electron chi connectivity index (χ1n) is 8.12. The van der Waals surface area contributed by atoms with Crippen molar-refractivity contribution in [2.24, 2.45) is 5.16 Å². The van der Waals surface area contributed by atoms with Gasteiger partial charge in [-0.05, 0) is 48.2 Å². The molecular formula is C19H19NO5. The lowest BCUT2D eigenvalue weighted by Crippen LogP contribution is -2.22. The van der Waals surface area contributed by atoms with Gasteiger partial charge < -0.3 is 24.2 Å². The molecule has 1 atom stereocenters. The number of aryl methyl sites for hydroxylation is 1. The molecule has 0 fully saturated rings. The fourth-order valence-corrected chi connectivity index (χ4v) is 3.57. The standard InChI is InChI=1S/C19H19NO5/c1-22-15-6-4-11(7-16(15)23-2)13-5-3-12-8-17-18(25-10-24-17)9-14(12)19(13)20-21/h4,6-9,13,21H,3,5,10H2,1-2H3/b20-19+/t13-/m1/s1. The fraction of sp³-hybridized carbons (Fsp3) is 0.316. The Balaban J connectivity index is 1.75.